The molecule has 150 valence electrons. The largest absolute Gasteiger partial charge is 0.489 e. The molecule has 0 saturated carbocycles. The molecular formula is C21H21FN4O3. The van der Waals surface area contributed by atoms with Crippen molar-refractivity contribution in [3.63, 3.8) is 0 Å². The van der Waals surface area contributed by atoms with Gasteiger partial charge in [0.2, 0.25) is 11.7 Å². The van der Waals surface area contributed by atoms with Crippen LogP contribution in [0.3, 0.4) is 0 Å². The summed E-state index contributed by atoms with van der Waals surface area (Å²) in [6, 6.07) is 13.0. The summed E-state index contributed by atoms with van der Waals surface area (Å²) in [6.07, 6.45) is 1.32. The summed E-state index contributed by atoms with van der Waals surface area (Å²) in [5.74, 6) is 1.48. The SMILES string of the molecule is CCc1nc(-c2ccc(OC3CCN(C(=O)Nc4cccc(F)c4)C3)cc2)no1. The molecular weight excluding hydrogens is 375 g/mol. The Morgan fingerprint density at radius 1 is 1.31 bits per heavy atom. The van der Waals surface area contributed by atoms with Crippen molar-refractivity contribution >= 4 is 11.7 Å². The summed E-state index contributed by atoms with van der Waals surface area (Å²) >= 11 is 0. The summed E-state index contributed by atoms with van der Waals surface area (Å²) in [5.41, 5.74) is 1.28. The maximum Gasteiger partial charge on any atom is 0.321 e. The van der Waals surface area contributed by atoms with E-state index >= 15 is 0 Å². The fourth-order valence-corrected chi connectivity index (χ4v) is 3.17. The van der Waals surface area contributed by atoms with Crippen molar-refractivity contribution in [2.45, 2.75) is 25.9 Å². The van der Waals surface area contributed by atoms with Gasteiger partial charge in [0.05, 0.1) is 6.54 Å². The zero-order valence-corrected chi connectivity index (χ0v) is 16.0. The van der Waals surface area contributed by atoms with E-state index in [0.717, 1.165) is 12.0 Å². The minimum absolute atomic E-state index is 0.101. The molecule has 2 amide bonds. The highest BCUT2D eigenvalue weighted by atomic mass is 19.1. The van der Waals surface area contributed by atoms with Crippen LogP contribution in [0.4, 0.5) is 14.9 Å². The van der Waals surface area contributed by atoms with E-state index in [2.05, 4.69) is 15.5 Å². The third kappa shape index (κ3) is 4.53. The number of anilines is 1. The van der Waals surface area contributed by atoms with E-state index in [1.54, 1.807) is 17.0 Å². The van der Waals surface area contributed by atoms with Crippen LogP contribution in [0.15, 0.2) is 53.1 Å². The number of nitrogens with zero attached hydrogens (tertiary/aromatic N) is 3. The van der Waals surface area contributed by atoms with Crippen molar-refractivity contribution in [2.24, 2.45) is 0 Å². The van der Waals surface area contributed by atoms with E-state index in [1.807, 2.05) is 31.2 Å². The zero-order chi connectivity index (χ0) is 20.2. The third-order valence-electron chi connectivity index (χ3n) is 4.69. The van der Waals surface area contributed by atoms with Gasteiger partial charge in [-0.15, -0.1) is 0 Å². The Morgan fingerprint density at radius 2 is 2.14 bits per heavy atom. The van der Waals surface area contributed by atoms with Gasteiger partial charge in [-0.05, 0) is 42.5 Å². The van der Waals surface area contributed by atoms with Crippen molar-refractivity contribution in [1.29, 1.82) is 0 Å². The molecule has 8 heteroatoms. The molecule has 1 atom stereocenters. The average molecular weight is 396 g/mol. The molecule has 0 bridgehead atoms. The summed E-state index contributed by atoms with van der Waals surface area (Å²) < 4.78 is 24.4. The number of halogens is 1. The molecule has 1 unspecified atom stereocenters. The van der Waals surface area contributed by atoms with Gasteiger partial charge in [0.15, 0.2) is 0 Å². The van der Waals surface area contributed by atoms with E-state index < -0.39 is 0 Å². The van der Waals surface area contributed by atoms with Crippen molar-refractivity contribution in [3.05, 3.63) is 60.2 Å². The second-order valence-electron chi connectivity index (χ2n) is 6.80. The smallest absolute Gasteiger partial charge is 0.321 e. The second-order valence-corrected chi connectivity index (χ2v) is 6.80. The first-order valence-electron chi connectivity index (χ1n) is 9.52. The number of amides is 2. The van der Waals surface area contributed by atoms with Gasteiger partial charge >= 0.3 is 6.03 Å². The van der Waals surface area contributed by atoms with E-state index in [0.29, 0.717) is 42.7 Å². The van der Waals surface area contributed by atoms with Gasteiger partial charge in [0.1, 0.15) is 17.7 Å². The minimum atomic E-state index is -0.388. The molecule has 3 aromatic rings. The fraction of sp³-hybridized carbons (Fsp3) is 0.286. The maximum atomic E-state index is 13.3. The highest BCUT2D eigenvalue weighted by Crippen LogP contribution is 2.23. The second kappa shape index (κ2) is 8.30. The molecule has 2 heterocycles. The number of likely N-dealkylation sites (tertiary alicyclic amines) is 1. The number of ether oxygens (including phenoxy) is 1. The number of aryl methyl sites for hydroxylation is 1. The van der Waals surface area contributed by atoms with Crippen LogP contribution in [0.2, 0.25) is 0 Å². The molecule has 1 fully saturated rings. The molecule has 4 rings (SSSR count). The number of rotatable bonds is 5. The van der Waals surface area contributed by atoms with Gasteiger partial charge in [-0.2, -0.15) is 4.98 Å². The number of carbonyl (C=O) groups is 1. The van der Waals surface area contributed by atoms with E-state index in [-0.39, 0.29) is 18.0 Å². The van der Waals surface area contributed by atoms with Gasteiger partial charge in [-0.1, -0.05) is 18.1 Å². The average Bonchev–Trinajstić information content (AvgIpc) is 3.38. The summed E-state index contributed by atoms with van der Waals surface area (Å²) in [5, 5.41) is 6.67. The lowest BCUT2D eigenvalue weighted by Crippen LogP contribution is -2.34. The summed E-state index contributed by atoms with van der Waals surface area (Å²) in [6.45, 7) is 3.00. The molecule has 0 radical (unpaired) electrons. The van der Waals surface area contributed by atoms with Crippen LogP contribution in [-0.2, 0) is 6.42 Å². The molecule has 1 aliphatic heterocycles. The standard InChI is InChI=1S/C21H21FN4O3/c1-2-19-24-20(25-29-19)14-6-8-17(9-7-14)28-18-10-11-26(13-18)21(27)23-16-5-3-4-15(22)12-16/h3-9,12,18H,2,10-11,13H2,1H3,(H,23,27). The summed E-state index contributed by atoms with van der Waals surface area (Å²) in [4.78, 5) is 18.3. The lowest BCUT2D eigenvalue weighted by Gasteiger charge is -2.18. The first kappa shape index (κ1) is 18.9. The number of carbonyl (C=O) groups excluding carboxylic acids is 1. The monoisotopic (exact) mass is 396 g/mol. The van der Waals surface area contributed by atoms with Crippen molar-refractivity contribution in [3.8, 4) is 17.1 Å². The Morgan fingerprint density at radius 3 is 2.86 bits per heavy atom. The normalized spacial score (nSPS) is 16.1. The van der Waals surface area contributed by atoms with Crippen molar-refractivity contribution in [1.82, 2.24) is 15.0 Å². The Bertz CT molecular complexity index is 990. The summed E-state index contributed by atoms with van der Waals surface area (Å²) in [7, 11) is 0. The van der Waals surface area contributed by atoms with Crippen LogP contribution in [0.1, 0.15) is 19.2 Å². The molecule has 0 spiro atoms. The van der Waals surface area contributed by atoms with Crippen LogP contribution >= 0.6 is 0 Å². The highest BCUT2D eigenvalue weighted by Gasteiger charge is 2.27. The number of benzene rings is 2. The number of nitrogens with one attached hydrogen (secondary N) is 1. The molecule has 1 aliphatic rings. The van der Waals surface area contributed by atoms with Crippen LogP contribution < -0.4 is 10.1 Å². The molecule has 1 N–H and O–H groups in total. The van der Waals surface area contributed by atoms with Gasteiger partial charge in [0.25, 0.3) is 0 Å². The topological polar surface area (TPSA) is 80.5 Å². The molecule has 0 aliphatic carbocycles. The van der Waals surface area contributed by atoms with E-state index in [9.17, 15) is 9.18 Å². The molecule has 29 heavy (non-hydrogen) atoms. The van der Waals surface area contributed by atoms with E-state index in [1.165, 1.54) is 12.1 Å². The van der Waals surface area contributed by atoms with Gasteiger partial charge in [-0.3, -0.25) is 0 Å². The Kier molecular flexibility index (Phi) is 5.41. The molecule has 2 aromatic carbocycles. The van der Waals surface area contributed by atoms with Crippen molar-refractivity contribution < 1.29 is 18.4 Å². The quantitative estimate of drug-likeness (QED) is 0.702. The fourth-order valence-electron chi connectivity index (χ4n) is 3.17. The third-order valence-corrected chi connectivity index (χ3v) is 4.69. The Hall–Kier alpha value is -3.42. The zero-order valence-electron chi connectivity index (χ0n) is 16.0. The first-order valence-corrected chi connectivity index (χ1v) is 9.52. The molecule has 7 nitrogen and oxygen atoms in total. The highest BCUT2D eigenvalue weighted by molar-refractivity contribution is 5.89. The van der Waals surface area contributed by atoms with Crippen LogP contribution in [0, 0.1) is 5.82 Å². The minimum Gasteiger partial charge on any atom is -0.489 e. The lowest BCUT2D eigenvalue weighted by molar-refractivity contribution is 0.195. The number of hydrogen-bond donors (Lipinski definition) is 1. The number of aromatic nitrogens is 2. The van der Waals surface area contributed by atoms with E-state index in [4.69, 9.17) is 9.26 Å². The van der Waals surface area contributed by atoms with Gasteiger partial charge in [0, 0.05) is 30.6 Å². The van der Waals surface area contributed by atoms with Gasteiger partial charge in [-0.25, -0.2) is 9.18 Å². The first-order chi connectivity index (χ1) is 14.1. The molecule has 1 aromatic heterocycles. The predicted octanol–water partition coefficient (Wildman–Crippen LogP) is 4.12. The molecule has 1 saturated heterocycles. The van der Waals surface area contributed by atoms with Crippen LogP contribution in [-0.4, -0.2) is 40.3 Å². The van der Waals surface area contributed by atoms with Crippen LogP contribution in [0.25, 0.3) is 11.4 Å². The number of urea groups is 1. The Balaban J connectivity index is 1.32. The lowest BCUT2D eigenvalue weighted by atomic mass is 10.2. The van der Waals surface area contributed by atoms with Crippen molar-refractivity contribution in [2.75, 3.05) is 18.4 Å². The Labute approximate surface area is 167 Å². The van der Waals surface area contributed by atoms with Crippen LogP contribution in [0.5, 0.6) is 5.75 Å². The number of hydrogen-bond acceptors (Lipinski definition) is 5. The van der Waals surface area contributed by atoms with Gasteiger partial charge < -0.3 is 19.5 Å². The predicted molar refractivity (Wildman–Crippen MR) is 105 cm³/mol. The maximum absolute atomic E-state index is 13.3.